The number of fused-ring (bicyclic) bond motifs is 1. The van der Waals surface area contributed by atoms with Gasteiger partial charge in [-0.05, 0) is 35.1 Å². The minimum Gasteiger partial charge on any atom is -0.422 e. The van der Waals surface area contributed by atoms with Crippen molar-refractivity contribution in [1.82, 2.24) is 0 Å². The zero-order valence-electron chi connectivity index (χ0n) is 12.7. The van der Waals surface area contributed by atoms with Gasteiger partial charge in [0.15, 0.2) is 0 Å². The lowest BCUT2D eigenvalue weighted by atomic mass is 10.0. The first-order valence-electron chi connectivity index (χ1n) is 7.45. The highest BCUT2D eigenvalue weighted by Gasteiger charge is 2.11. The molecule has 0 aromatic heterocycles. The summed E-state index contributed by atoms with van der Waals surface area (Å²) < 4.78 is 5.58. The Morgan fingerprint density at radius 3 is 2.27 bits per heavy atom. The zero-order valence-corrected chi connectivity index (χ0v) is 12.7. The molecule has 0 saturated heterocycles. The number of hydrogen-bond acceptors (Lipinski definition) is 2. The Balaban J connectivity index is 1.87. The van der Waals surface area contributed by atoms with Crippen molar-refractivity contribution < 1.29 is 9.53 Å². The normalized spacial score (nSPS) is 10.9. The van der Waals surface area contributed by atoms with Crippen molar-refractivity contribution in [3.05, 3.63) is 77.9 Å². The molecule has 110 valence electrons. The molecule has 22 heavy (non-hydrogen) atoms. The summed E-state index contributed by atoms with van der Waals surface area (Å²) in [6.07, 6.45) is 0. The maximum atomic E-state index is 12.3. The van der Waals surface area contributed by atoms with Crippen LogP contribution in [-0.4, -0.2) is 5.97 Å². The van der Waals surface area contributed by atoms with E-state index >= 15 is 0 Å². The molecule has 0 radical (unpaired) electrons. The number of esters is 1. The maximum absolute atomic E-state index is 12.3. The third-order valence-electron chi connectivity index (χ3n) is 3.77. The van der Waals surface area contributed by atoms with Gasteiger partial charge in [-0.3, -0.25) is 0 Å². The van der Waals surface area contributed by atoms with Gasteiger partial charge in [0.2, 0.25) is 0 Å². The lowest BCUT2D eigenvalue weighted by Gasteiger charge is -2.09. The Morgan fingerprint density at radius 2 is 1.55 bits per heavy atom. The summed E-state index contributed by atoms with van der Waals surface area (Å²) in [6, 6.07) is 21.2. The molecule has 2 heteroatoms. The van der Waals surface area contributed by atoms with E-state index in [4.69, 9.17) is 4.74 Å². The van der Waals surface area contributed by atoms with Gasteiger partial charge in [0.05, 0.1) is 5.56 Å². The molecule has 0 bridgehead atoms. The van der Waals surface area contributed by atoms with E-state index in [1.807, 2.05) is 66.7 Å². The molecular weight excluding hydrogens is 272 g/mol. The van der Waals surface area contributed by atoms with Crippen molar-refractivity contribution in [1.29, 1.82) is 0 Å². The summed E-state index contributed by atoms with van der Waals surface area (Å²) in [7, 11) is 0. The predicted octanol–water partition coefficient (Wildman–Crippen LogP) is 5.18. The van der Waals surface area contributed by atoms with E-state index in [-0.39, 0.29) is 5.97 Å². The number of ether oxygens (including phenoxy) is 1. The second kappa shape index (κ2) is 6.02. The molecular formula is C20H18O2. The van der Waals surface area contributed by atoms with Crippen LogP contribution in [0, 0.1) is 0 Å². The highest BCUT2D eigenvalue weighted by Crippen LogP contribution is 2.26. The van der Waals surface area contributed by atoms with Crippen LogP contribution in [0.25, 0.3) is 10.8 Å². The summed E-state index contributed by atoms with van der Waals surface area (Å²) in [4.78, 5) is 12.3. The summed E-state index contributed by atoms with van der Waals surface area (Å²) in [6.45, 7) is 4.26. The van der Waals surface area contributed by atoms with Crippen molar-refractivity contribution >= 4 is 16.7 Å². The average Bonchev–Trinajstić information content (AvgIpc) is 2.55. The fourth-order valence-corrected chi connectivity index (χ4v) is 2.45. The van der Waals surface area contributed by atoms with Gasteiger partial charge in [0.1, 0.15) is 5.75 Å². The third kappa shape index (κ3) is 2.86. The zero-order chi connectivity index (χ0) is 15.5. The summed E-state index contributed by atoms with van der Waals surface area (Å²) in [5.41, 5.74) is 1.78. The van der Waals surface area contributed by atoms with E-state index in [0.717, 1.165) is 10.8 Å². The van der Waals surface area contributed by atoms with Gasteiger partial charge in [0.25, 0.3) is 0 Å². The van der Waals surface area contributed by atoms with Crippen LogP contribution in [-0.2, 0) is 0 Å². The van der Waals surface area contributed by atoms with E-state index in [1.54, 1.807) is 0 Å². The highest BCUT2D eigenvalue weighted by molar-refractivity contribution is 5.95. The van der Waals surface area contributed by atoms with Gasteiger partial charge in [-0.15, -0.1) is 0 Å². The topological polar surface area (TPSA) is 26.3 Å². The Morgan fingerprint density at radius 1 is 0.864 bits per heavy atom. The standard InChI is InChI=1S/C20H18O2/c1-14(2)15-10-12-17(13-11-15)20(21)22-19-9-5-7-16-6-3-4-8-18(16)19/h3-14H,1-2H3. The van der Waals surface area contributed by atoms with Gasteiger partial charge >= 0.3 is 5.97 Å². The Kier molecular flexibility index (Phi) is 3.92. The largest absolute Gasteiger partial charge is 0.422 e. The molecule has 0 aliphatic carbocycles. The van der Waals surface area contributed by atoms with Crippen LogP contribution < -0.4 is 4.74 Å². The molecule has 3 aromatic rings. The number of benzene rings is 3. The Labute approximate surface area is 130 Å². The van der Waals surface area contributed by atoms with E-state index in [1.165, 1.54) is 5.56 Å². The molecule has 0 spiro atoms. The number of carbonyl (C=O) groups excluding carboxylic acids is 1. The van der Waals surface area contributed by atoms with E-state index in [9.17, 15) is 4.79 Å². The fourth-order valence-electron chi connectivity index (χ4n) is 2.45. The minimum atomic E-state index is -0.327. The first kappa shape index (κ1) is 14.3. The van der Waals surface area contributed by atoms with Crippen molar-refractivity contribution in [3.63, 3.8) is 0 Å². The van der Waals surface area contributed by atoms with Crippen LogP contribution >= 0.6 is 0 Å². The summed E-state index contributed by atoms with van der Waals surface area (Å²) in [5.74, 6) is 0.714. The summed E-state index contributed by atoms with van der Waals surface area (Å²) in [5, 5.41) is 2.00. The van der Waals surface area contributed by atoms with Gasteiger partial charge in [0, 0.05) is 5.39 Å². The average molecular weight is 290 g/mol. The number of hydrogen-bond donors (Lipinski definition) is 0. The highest BCUT2D eigenvalue weighted by atomic mass is 16.5. The molecule has 0 fully saturated rings. The molecule has 0 aliphatic rings. The SMILES string of the molecule is CC(C)c1ccc(C(=O)Oc2cccc3ccccc23)cc1. The summed E-state index contributed by atoms with van der Waals surface area (Å²) >= 11 is 0. The van der Waals surface area contributed by atoms with E-state index in [2.05, 4.69) is 13.8 Å². The van der Waals surface area contributed by atoms with Crippen LogP contribution in [0.4, 0.5) is 0 Å². The maximum Gasteiger partial charge on any atom is 0.343 e. The van der Waals surface area contributed by atoms with Crippen molar-refractivity contribution in [3.8, 4) is 5.75 Å². The van der Waals surface area contributed by atoms with Gasteiger partial charge < -0.3 is 4.74 Å². The van der Waals surface area contributed by atoms with E-state index < -0.39 is 0 Å². The Bertz CT molecular complexity index is 796. The molecule has 2 nitrogen and oxygen atoms in total. The molecule has 0 atom stereocenters. The third-order valence-corrected chi connectivity index (χ3v) is 3.77. The minimum absolute atomic E-state index is 0.327. The second-order valence-electron chi connectivity index (χ2n) is 5.64. The quantitative estimate of drug-likeness (QED) is 0.490. The van der Waals surface area contributed by atoms with Gasteiger partial charge in [-0.1, -0.05) is 62.4 Å². The molecule has 0 saturated carbocycles. The predicted molar refractivity (Wildman–Crippen MR) is 89.4 cm³/mol. The molecule has 0 heterocycles. The van der Waals surface area contributed by atoms with Crippen LogP contribution in [0.5, 0.6) is 5.75 Å². The molecule has 3 aromatic carbocycles. The lowest BCUT2D eigenvalue weighted by molar-refractivity contribution is 0.0737. The molecule has 0 unspecified atom stereocenters. The fraction of sp³-hybridized carbons (Fsp3) is 0.150. The van der Waals surface area contributed by atoms with Crippen LogP contribution in [0.3, 0.4) is 0 Å². The van der Waals surface area contributed by atoms with Crippen LogP contribution in [0.2, 0.25) is 0 Å². The van der Waals surface area contributed by atoms with Crippen molar-refractivity contribution in [2.75, 3.05) is 0 Å². The lowest BCUT2D eigenvalue weighted by Crippen LogP contribution is -2.08. The number of rotatable bonds is 3. The van der Waals surface area contributed by atoms with Crippen LogP contribution in [0.15, 0.2) is 66.7 Å². The monoisotopic (exact) mass is 290 g/mol. The molecule has 0 N–H and O–H groups in total. The first-order chi connectivity index (χ1) is 10.6. The molecule has 3 rings (SSSR count). The smallest absolute Gasteiger partial charge is 0.343 e. The van der Waals surface area contributed by atoms with Gasteiger partial charge in [-0.25, -0.2) is 4.79 Å². The van der Waals surface area contributed by atoms with Crippen LogP contribution in [0.1, 0.15) is 35.7 Å². The van der Waals surface area contributed by atoms with E-state index in [0.29, 0.717) is 17.2 Å². The second-order valence-corrected chi connectivity index (χ2v) is 5.64. The Hall–Kier alpha value is -2.61. The van der Waals surface area contributed by atoms with Gasteiger partial charge in [-0.2, -0.15) is 0 Å². The van der Waals surface area contributed by atoms with Crippen molar-refractivity contribution in [2.24, 2.45) is 0 Å². The number of carbonyl (C=O) groups is 1. The first-order valence-corrected chi connectivity index (χ1v) is 7.45. The van der Waals surface area contributed by atoms with Crippen molar-refractivity contribution in [2.45, 2.75) is 19.8 Å². The molecule has 0 amide bonds. The molecule has 0 aliphatic heterocycles.